The number of hydrogen-bond acceptors (Lipinski definition) is 4. The fraction of sp³-hybridized carbons (Fsp3) is 0.150. The van der Waals surface area contributed by atoms with E-state index in [1.54, 1.807) is 0 Å². The molecule has 0 aliphatic rings. The molecule has 0 radical (unpaired) electrons. The highest BCUT2D eigenvalue weighted by molar-refractivity contribution is 7.13. The minimum absolute atomic E-state index is 0.0982. The van der Waals surface area contributed by atoms with E-state index in [9.17, 15) is 4.79 Å². The number of aromatic nitrogens is 3. The van der Waals surface area contributed by atoms with Crippen LogP contribution in [0, 0.1) is 0 Å². The summed E-state index contributed by atoms with van der Waals surface area (Å²) >= 11 is 7.70. The molecule has 4 aromatic rings. The van der Waals surface area contributed by atoms with Crippen LogP contribution in [-0.2, 0) is 11.2 Å². The average molecular weight is 397 g/mol. The molecular weight excluding hydrogens is 380 g/mol. The Balaban J connectivity index is 1.43. The van der Waals surface area contributed by atoms with Crippen LogP contribution in [-0.4, -0.2) is 20.9 Å². The van der Waals surface area contributed by atoms with Crippen molar-refractivity contribution in [2.75, 3.05) is 0 Å². The van der Waals surface area contributed by atoms with Gasteiger partial charge in [-0.15, -0.1) is 11.3 Å². The Morgan fingerprint density at radius 2 is 1.96 bits per heavy atom. The van der Waals surface area contributed by atoms with Gasteiger partial charge in [-0.25, -0.2) is 9.97 Å². The first-order valence-electron chi connectivity index (χ1n) is 8.53. The fourth-order valence-electron chi connectivity index (χ4n) is 2.85. The lowest BCUT2D eigenvalue weighted by molar-refractivity contribution is -0.121. The monoisotopic (exact) mass is 396 g/mol. The van der Waals surface area contributed by atoms with Gasteiger partial charge < -0.3 is 10.3 Å². The van der Waals surface area contributed by atoms with Crippen LogP contribution < -0.4 is 5.32 Å². The van der Waals surface area contributed by atoms with E-state index in [4.69, 9.17) is 11.6 Å². The standard InChI is InChI=1S/C20H17ClN4OS/c1-12(19-24-16-8-4-5-9-17(16)25-19)22-18(26)10-13-11-27-20(23-13)14-6-2-3-7-15(14)21/h2-9,11-12H,10H2,1H3,(H,22,26)(H,24,25). The first-order chi connectivity index (χ1) is 13.1. The molecule has 5 nitrogen and oxygen atoms in total. The van der Waals surface area contributed by atoms with Crippen molar-refractivity contribution in [3.8, 4) is 10.6 Å². The van der Waals surface area contributed by atoms with Crippen LogP contribution in [0.15, 0.2) is 53.9 Å². The summed E-state index contributed by atoms with van der Waals surface area (Å²) in [6.45, 7) is 1.91. The molecule has 27 heavy (non-hydrogen) atoms. The maximum absolute atomic E-state index is 12.4. The normalized spacial score (nSPS) is 12.2. The number of H-pyrrole nitrogens is 1. The van der Waals surface area contributed by atoms with Gasteiger partial charge in [-0.3, -0.25) is 4.79 Å². The number of carbonyl (C=O) groups is 1. The minimum Gasteiger partial charge on any atom is -0.346 e. The molecule has 2 N–H and O–H groups in total. The van der Waals surface area contributed by atoms with Crippen LogP contribution >= 0.6 is 22.9 Å². The van der Waals surface area contributed by atoms with E-state index >= 15 is 0 Å². The Morgan fingerprint density at radius 1 is 1.19 bits per heavy atom. The fourth-order valence-corrected chi connectivity index (χ4v) is 3.99. The molecule has 0 bridgehead atoms. The average Bonchev–Trinajstić information content (AvgIpc) is 3.28. The van der Waals surface area contributed by atoms with Gasteiger partial charge in [0, 0.05) is 10.9 Å². The maximum atomic E-state index is 12.4. The number of halogens is 1. The number of nitrogens with one attached hydrogen (secondary N) is 2. The lowest BCUT2D eigenvalue weighted by Crippen LogP contribution is -2.28. The van der Waals surface area contributed by atoms with Crippen molar-refractivity contribution < 1.29 is 4.79 Å². The molecule has 0 saturated carbocycles. The predicted molar refractivity (Wildman–Crippen MR) is 109 cm³/mol. The van der Waals surface area contributed by atoms with Crippen LogP contribution in [0.3, 0.4) is 0 Å². The van der Waals surface area contributed by atoms with E-state index in [1.807, 2.05) is 60.8 Å². The summed E-state index contributed by atoms with van der Waals surface area (Å²) < 4.78 is 0. The number of rotatable bonds is 5. The molecule has 1 unspecified atom stereocenters. The third-order valence-corrected chi connectivity index (χ3v) is 5.45. The van der Waals surface area contributed by atoms with Gasteiger partial charge in [0.15, 0.2) is 0 Å². The number of amides is 1. The Morgan fingerprint density at radius 3 is 2.78 bits per heavy atom. The lowest BCUT2D eigenvalue weighted by Gasteiger charge is -2.10. The predicted octanol–water partition coefficient (Wildman–Crippen LogP) is 4.76. The van der Waals surface area contributed by atoms with Crippen molar-refractivity contribution in [2.24, 2.45) is 0 Å². The van der Waals surface area contributed by atoms with Crippen molar-refractivity contribution >= 4 is 39.9 Å². The third kappa shape index (κ3) is 3.86. The summed E-state index contributed by atoms with van der Waals surface area (Å²) in [4.78, 5) is 24.7. The summed E-state index contributed by atoms with van der Waals surface area (Å²) in [6, 6.07) is 15.1. The molecule has 7 heteroatoms. The van der Waals surface area contributed by atoms with Crippen molar-refractivity contribution in [3.05, 3.63) is 70.5 Å². The highest BCUT2D eigenvalue weighted by atomic mass is 35.5. The topological polar surface area (TPSA) is 70.7 Å². The zero-order valence-corrected chi connectivity index (χ0v) is 16.1. The second-order valence-corrected chi connectivity index (χ2v) is 7.49. The van der Waals surface area contributed by atoms with E-state index < -0.39 is 0 Å². The number of carbonyl (C=O) groups excluding carboxylic acids is 1. The SMILES string of the molecule is CC(NC(=O)Cc1csc(-c2ccccc2Cl)n1)c1nc2ccccc2[nH]1. The van der Waals surface area contributed by atoms with Crippen LogP contribution in [0.25, 0.3) is 21.6 Å². The van der Waals surface area contributed by atoms with Gasteiger partial charge in [-0.2, -0.15) is 0 Å². The Bertz CT molecular complexity index is 1070. The lowest BCUT2D eigenvalue weighted by atomic mass is 10.2. The number of nitrogens with zero attached hydrogens (tertiary/aromatic N) is 2. The molecule has 136 valence electrons. The summed E-state index contributed by atoms with van der Waals surface area (Å²) in [7, 11) is 0. The second-order valence-electron chi connectivity index (χ2n) is 6.23. The van der Waals surface area contributed by atoms with E-state index in [0.717, 1.165) is 33.1 Å². The van der Waals surface area contributed by atoms with Gasteiger partial charge in [-0.05, 0) is 25.1 Å². The number of imidazole rings is 1. The molecule has 0 aliphatic carbocycles. The number of para-hydroxylation sites is 2. The van der Waals surface area contributed by atoms with Crippen molar-refractivity contribution in [2.45, 2.75) is 19.4 Å². The molecule has 4 rings (SSSR count). The molecule has 0 saturated heterocycles. The largest absolute Gasteiger partial charge is 0.346 e. The molecule has 1 amide bonds. The number of hydrogen-bond donors (Lipinski definition) is 2. The van der Waals surface area contributed by atoms with Crippen LogP contribution in [0.1, 0.15) is 24.5 Å². The second kappa shape index (κ2) is 7.50. The first-order valence-corrected chi connectivity index (χ1v) is 9.79. The summed E-state index contributed by atoms with van der Waals surface area (Å²) in [5.74, 6) is 0.638. The Labute approximate surface area is 165 Å². The van der Waals surface area contributed by atoms with Gasteiger partial charge in [0.2, 0.25) is 5.91 Å². The molecule has 0 aliphatic heterocycles. The Hall–Kier alpha value is -2.70. The quantitative estimate of drug-likeness (QED) is 0.511. The van der Waals surface area contributed by atoms with Gasteiger partial charge >= 0.3 is 0 Å². The van der Waals surface area contributed by atoms with E-state index in [2.05, 4.69) is 20.3 Å². The molecule has 2 heterocycles. The third-order valence-electron chi connectivity index (χ3n) is 4.19. The number of thiazole rings is 1. The molecule has 0 spiro atoms. The molecule has 1 atom stereocenters. The zero-order chi connectivity index (χ0) is 18.8. The van der Waals surface area contributed by atoms with Crippen molar-refractivity contribution in [1.82, 2.24) is 20.3 Å². The number of aromatic amines is 1. The van der Waals surface area contributed by atoms with Crippen LogP contribution in [0.4, 0.5) is 0 Å². The summed E-state index contributed by atoms with van der Waals surface area (Å²) in [5.41, 5.74) is 3.45. The highest BCUT2D eigenvalue weighted by Gasteiger charge is 2.15. The van der Waals surface area contributed by atoms with Crippen molar-refractivity contribution in [3.63, 3.8) is 0 Å². The number of benzene rings is 2. The van der Waals surface area contributed by atoms with Crippen LogP contribution in [0.5, 0.6) is 0 Å². The maximum Gasteiger partial charge on any atom is 0.226 e. The van der Waals surface area contributed by atoms with Gasteiger partial charge in [0.05, 0.1) is 34.2 Å². The van der Waals surface area contributed by atoms with Crippen LogP contribution in [0.2, 0.25) is 5.02 Å². The van der Waals surface area contributed by atoms with Crippen molar-refractivity contribution in [1.29, 1.82) is 0 Å². The minimum atomic E-state index is -0.216. The van der Waals surface area contributed by atoms with E-state index in [-0.39, 0.29) is 18.4 Å². The zero-order valence-electron chi connectivity index (χ0n) is 14.6. The van der Waals surface area contributed by atoms with Gasteiger partial charge in [-0.1, -0.05) is 41.9 Å². The summed E-state index contributed by atoms with van der Waals surface area (Å²) in [5, 5.41) is 6.33. The van der Waals surface area contributed by atoms with E-state index in [1.165, 1.54) is 11.3 Å². The first kappa shape index (κ1) is 17.7. The molecule has 2 aromatic heterocycles. The molecular formula is C20H17ClN4OS. The molecule has 0 fully saturated rings. The smallest absolute Gasteiger partial charge is 0.226 e. The van der Waals surface area contributed by atoms with E-state index in [0.29, 0.717) is 5.02 Å². The Kier molecular flexibility index (Phi) is 4.92. The summed E-state index contributed by atoms with van der Waals surface area (Å²) in [6.07, 6.45) is 0.214. The van der Waals surface area contributed by atoms with Gasteiger partial charge in [0.25, 0.3) is 0 Å². The van der Waals surface area contributed by atoms with Gasteiger partial charge in [0.1, 0.15) is 10.8 Å². The molecule has 2 aromatic carbocycles. The highest BCUT2D eigenvalue weighted by Crippen LogP contribution is 2.30. The number of fused-ring (bicyclic) bond motifs is 1.